The van der Waals surface area contributed by atoms with E-state index in [9.17, 15) is 14.4 Å². The molecule has 3 atom stereocenters. The Balaban J connectivity index is 1.26. The number of carbonyl (C=O) groups excluding carboxylic acids is 3. The third-order valence-electron chi connectivity index (χ3n) is 10.5. The molecule has 14 heteroatoms. The van der Waals surface area contributed by atoms with Crippen molar-refractivity contribution in [3.8, 4) is 11.5 Å². The molecule has 62 heavy (non-hydrogen) atoms. The monoisotopic (exact) mass is 838 g/mol. The molecular weight excluding hydrogens is 789 g/mol. The number of benzene rings is 5. The van der Waals surface area contributed by atoms with Gasteiger partial charge in [-0.2, -0.15) is 0 Å². The second kappa shape index (κ2) is 19.6. The number of ether oxygens (including phenoxy) is 4. The average molecular weight is 839 g/mol. The van der Waals surface area contributed by atoms with E-state index in [1.165, 1.54) is 16.6 Å². The Bertz CT molecular complexity index is 2600. The zero-order valence-corrected chi connectivity index (χ0v) is 35.4. The van der Waals surface area contributed by atoms with Crippen LogP contribution in [-0.4, -0.2) is 70.2 Å². The topological polar surface area (TPSA) is 154 Å². The van der Waals surface area contributed by atoms with Gasteiger partial charge in [-0.15, -0.1) is 0 Å². The van der Waals surface area contributed by atoms with Crippen LogP contribution in [0.3, 0.4) is 0 Å². The summed E-state index contributed by atoms with van der Waals surface area (Å²) in [7, 11) is 1.46. The van der Waals surface area contributed by atoms with Crippen LogP contribution >= 0.6 is 0 Å². The predicted octanol–water partition coefficient (Wildman–Crippen LogP) is 7.78. The Morgan fingerprint density at radius 1 is 0.806 bits per heavy atom. The second-order valence-electron chi connectivity index (χ2n) is 14.8. The van der Waals surface area contributed by atoms with E-state index in [1.54, 1.807) is 49.4 Å². The lowest BCUT2D eigenvalue weighted by Crippen LogP contribution is -2.45. The van der Waals surface area contributed by atoms with E-state index in [1.807, 2.05) is 99.6 Å². The van der Waals surface area contributed by atoms with Crippen LogP contribution in [0.5, 0.6) is 11.5 Å². The number of carbonyl (C=O) groups is 3. The van der Waals surface area contributed by atoms with Crippen LogP contribution in [0, 0.1) is 13.8 Å². The highest BCUT2D eigenvalue weighted by atomic mass is 16.7. The predicted molar refractivity (Wildman–Crippen MR) is 236 cm³/mol. The van der Waals surface area contributed by atoms with Gasteiger partial charge >= 0.3 is 6.03 Å². The van der Waals surface area contributed by atoms with Crippen molar-refractivity contribution in [2.75, 3.05) is 31.1 Å². The number of nitrogens with one attached hydrogen (secondary N) is 2. The number of hydrogen-bond acceptors (Lipinski definition) is 10. The number of anilines is 2. The van der Waals surface area contributed by atoms with Crippen molar-refractivity contribution in [3.05, 3.63) is 160 Å². The number of hydrogen-bond donors (Lipinski definition) is 2. The molecule has 5 aromatic carbocycles. The molecule has 1 fully saturated rings. The van der Waals surface area contributed by atoms with Gasteiger partial charge in [-0.1, -0.05) is 97.4 Å². The Hall–Kier alpha value is -7.03. The minimum Gasteiger partial charge on any atom is -0.495 e. The highest BCUT2D eigenvalue weighted by Crippen LogP contribution is 2.34. The SMILES string of the molecule is CCOC1C(=O)N(C(C(=O)Nc2cc(NCOC(CC)Oc3ccc(C)cc3C)ccc2OC)c2nc3ccccc3c(=O)n2Cc2ccccc2)C(=O)N1Cc1ccccc1. The van der Waals surface area contributed by atoms with E-state index in [0.29, 0.717) is 23.2 Å². The minimum atomic E-state index is -1.75. The molecule has 1 aliphatic rings. The Kier molecular flexibility index (Phi) is 13.6. The number of urea groups is 1. The van der Waals surface area contributed by atoms with Crippen molar-refractivity contribution >= 4 is 40.1 Å². The van der Waals surface area contributed by atoms with Gasteiger partial charge in [0.25, 0.3) is 17.4 Å². The molecule has 1 aromatic heterocycles. The summed E-state index contributed by atoms with van der Waals surface area (Å²) in [5, 5.41) is 6.43. The third kappa shape index (κ3) is 9.46. The number of amides is 4. The van der Waals surface area contributed by atoms with Crippen LogP contribution in [0.2, 0.25) is 0 Å². The largest absolute Gasteiger partial charge is 0.495 e. The molecule has 14 nitrogen and oxygen atoms in total. The molecule has 1 saturated heterocycles. The molecule has 320 valence electrons. The van der Waals surface area contributed by atoms with E-state index in [2.05, 4.69) is 10.6 Å². The van der Waals surface area contributed by atoms with Gasteiger partial charge in [0.15, 0.2) is 6.04 Å². The zero-order valence-electron chi connectivity index (χ0n) is 35.4. The van der Waals surface area contributed by atoms with Gasteiger partial charge in [0.1, 0.15) is 24.1 Å². The first-order valence-corrected chi connectivity index (χ1v) is 20.5. The summed E-state index contributed by atoms with van der Waals surface area (Å²) in [6.07, 6.45) is -1.31. The summed E-state index contributed by atoms with van der Waals surface area (Å²) in [6, 6.07) is 33.6. The molecule has 6 aromatic rings. The van der Waals surface area contributed by atoms with E-state index < -0.39 is 42.0 Å². The zero-order chi connectivity index (χ0) is 43.8. The fraction of sp³-hybridized carbons (Fsp3) is 0.271. The Labute approximate surface area is 360 Å². The molecule has 0 radical (unpaired) electrons. The van der Waals surface area contributed by atoms with Crippen LogP contribution in [0.4, 0.5) is 16.2 Å². The van der Waals surface area contributed by atoms with Crippen LogP contribution < -0.4 is 25.7 Å². The second-order valence-corrected chi connectivity index (χ2v) is 14.8. The molecule has 2 N–H and O–H groups in total. The normalized spacial score (nSPS) is 14.8. The Morgan fingerprint density at radius 2 is 1.48 bits per heavy atom. The van der Waals surface area contributed by atoms with Crippen molar-refractivity contribution in [1.82, 2.24) is 19.4 Å². The highest BCUT2D eigenvalue weighted by Gasteiger charge is 2.52. The van der Waals surface area contributed by atoms with Crippen LogP contribution in [0.15, 0.2) is 126 Å². The number of rotatable bonds is 18. The summed E-state index contributed by atoms with van der Waals surface area (Å²) >= 11 is 0. The van der Waals surface area contributed by atoms with Gasteiger partial charge in [0.05, 0.1) is 36.8 Å². The lowest BCUT2D eigenvalue weighted by molar-refractivity contribution is -0.145. The number of aromatic nitrogens is 2. The maximum Gasteiger partial charge on any atom is 0.330 e. The summed E-state index contributed by atoms with van der Waals surface area (Å²) < 4.78 is 25.1. The van der Waals surface area contributed by atoms with Crippen LogP contribution in [0.1, 0.15) is 54.4 Å². The maximum atomic E-state index is 15.1. The molecule has 0 spiro atoms. The summed E-state index contributed by atoms with van der Waals surface area (Å²) in [5.41, 5.74) is 4.21. The minimum absolute atomic E-state index is 0.00979. The first kappa shape index (κ1) is 43.1. The van der Waals surface area contributed by atoms with Crippen molar-refractivity contribution in [1.29, 1.82) is 0 Å². The first-order chi connectivity index (χ1) is 30.1. The molecule has 1 aliphatic heterocycles. The lowest BCUT2D eigenvalue weighted by Gasteiger charge is -2.27. The van der Waals surface area contributed by atoms with Crippen molar-refractivity contribution < 1.29 is 33.3 Å². The average Bonchev–Trinajstić information content (AvgIpc) is 3.50. The standard InChI is InChI=1S/C48H50N6O8/c1-6-41(62-39-24-22-31(3)26-32(39)4)61-30-49-35-23-25-40(59-5)38(27-35)51-44(55)42(54-46(57)47(60-7-2)53(48(54)58)29-34-18-12-9-13-19-34)43-50-37-21-15-14-20-36(37)45(56)52(43)28-33-16-10-8-11-17-33/h8-27,41-42,47,49H,6-7,28-30H2,1-5H3,(H,51,55). The molecule has 0 aliphatic carbocycles. The maximum absolute atomic E-state index is 15.1. The third-order valence-corrected chi connectivity index (χ3v) is 10.5. The number of methoxy groups -OCH3 is 1. The quantitative estimate of drug-likeness (QED) is 0.0648. The molecule has 7 rings (SSSR count). The van der Waals surface area contributed by atoms with Gasteiger partial charge in [-0.3, -0.25) is 23.9 Å². The van der Waals surface area contributed by atoms with Gasteiger partial charge in [-0.25, -0.2) is 14.7 Å². The number of aryl methyl sites for hydroxylation is 2. The molecule has 4 amide bonds. The van der Waals surface area contributed by atoms with Gasteiger partial charge in [0.2, 0.25) is 12.5 Å². The van der Waals surface area contributed by atoms with Gasteiger partial charge < -0.3 is 29.6 Å². The fourth-order valence-electron chi connectivity index (χ4n) is 7.38. The van der Waals surface area contributed by atoms with Gasteiger partial charge in [0, 0.05) is 18.7 Å². The van der Waals surface area contributed by atoms with E-state index >= 15 is 4.79 Å². The van der Waals surface area contributed by atoms with Crippen molar-refractivity contribution in [2.24, 2.45) is 0 Å². The van der Waals surface area contributed by atoms with E-state index in [-0.39, 0.29) is 43.5 Å². The summed E-state index contributed by atoms with van der Waals surface area (Å²) in [5.74, 6) is -0.711. The van der Waals surface area contributed by atoms with Crippen LogP contribution in [0.25, 0.3) is 10.9 Å². The molecule has 0 saturated carbocycles. The Morgan fingerprint density at radius 3 is 2.16 bits per heavy atom. The number of nitrogens with zero attached hydrogens (tertiary/aromatic N) is 4. The first-order valence-electron chi connectivity index (χ1n) is 20.5. The van der Waals surface area contributed by atoms with E-state index in [4.69, 9.17) is 23.9 Å². The summed E-state index contributed by atoms with van der Waals surface area (Å²) in [6.45, 7) is 7.85. The molecule has 2 heterocycles. The van der Waals surface area contributed by atoms with Crippen LogP contribution in [-0.2, 0) is 32.2 Å². The van der Waals surface area contributed by atoms with Crippen molar-refractivity contribution in [2.45, 2.75) is 65.8 Å². The molecule has 0 bridgehead atoms. The lowest BCUT2D eigenvalue weighted by atomic mass is 10.1. The number of imide groups is 1. The molecule has 3 unspecified atom stereocenters. The number of fused-ring (bicyclic) bond motifs is 1. The highest BCUT2D eigenvalue weighted by molar-refractivity contribution is 6.09. The van der Waals surface area contributed by atoms with E-state index in [0.717, 1.165) is 32.9 Å². The van der Waals surface area contributed by atoms with Gasteiger partial charge in [-0.05, 0) is 73.9 Å². The summed E-state index contributed by atoms with van der Waals surface area (Å²) in [4.78, 5) is 65.9. The number of para-hydroxylation sites is 1. The van der Waals surface area contributed by atoms with Crippen molar-refractivity contribution in [3.63, 3.8) is 0 Å². The smallest absolute Gasteiger partial charge is 0.330 e. The molecular formula is C48H50N6O8. The fourth-order valence-corrected chi connectivity index (χ4v) is 7.38.